The molecule has 1 unspecified atom stereocenters. The lowest BCUT2D eigenvalue weighted by molar-refractivity contribution is -0.212. The van der Waals surface area contributed by atoms with Crippen LogP contribution in [0.5, 0.6) is 0 Å². The van der Waals surface area contributed by atoms with Crippen LogP contribution >= 0.6 is 0 Å². The molecule has 3 aliphatic carbocycles. The van der Waals surface area contributed by atoms with Crippen molar-refractivity contribution in [1.29, 1.82) is 0 Å². The molecule has 0 heterocycles. The molecular formula is C39H53NO10. The molecule has 2 saturated carbocycles. The van der Waals surface area contributed by atoms with Crippen molar-refractivity contribution < 1.29 is 47.7 Å². The Kier molecular flexibility index (Phi) is 11.7. The van der Waals surface area contributed by atoms with E-state index >= 15 is 0 Å². The third kappa shape index (κ3) is 7.82. The summed E-state index contributed by atoms with van der Waals surface area (Å²) >= 11 is 0. The number of ether oxygens (including phenoxy) is 5. The molecule has 274 valence electrons. The van der Waals surface area contributed by atoms with Crippen molar-refractivity contribution in [3.63, 3.8) is 0 Å². The Morgan fingerprint density at radius 2 is 1.38 bits per heavy atom. The fourth-order valence-electron chi connectivity index (χ4n) is 8.75. The summed E-state index contributed by atoms with van der Waals surface area (Å²) in [5.41, 5.74) is 1.14. The summed E-state index contributed by atoms with van der Waals surface area (Å²) in [4.78, 5) is 66.5. The first kappa shape index (κ1) is 38.8. The second-order valence-electron chi connectivity index (χ2n) is 15.0. The number of hydrogen-bond acceptors (Lipinski definition) is 11. The van der Waals surface area contributed by atoms with Crippen LogP contribution in [0.2, 0.25) is 0 Å². The molecule has 0 aliphatic heterocycles. The molecular weight excluding hydrogens is 642 g/mol. The van der Waals surface area contributed by atoms with Crippen LogP contribution in [0.15, 0.2) is 53.6 Å². The number of hydrogen-bond donors (Lipinski definition) is 0. The van der Waals surface area contributed by atoms with Gasteiger partial charge in [0.2, 0.25) is 0 Å². The van der Waals surface area contributed by atoms with E-state index in [0.717, 1.165) is 5.56 Å². The molecule has 0 spiro atoms. The predicted octanol–water partition coefficient (Wildman–Crippen LogP) is 5.67. The van der Waals surface area contributed by atoms with Crippen molar-refractivity contribution in [2.75, 3.05) is 14.1 Å². The highest BCUT2D eigenvalue weighted by molar-refractivity contribution is 5.71. The molecule has 0 N–H and O–H groups in total. The normalized spacial score (nSPS) is 30.9. The fraction of sp³-hybridized carbons (Fsp3) is 0.615. The summed E-state index contributed by atoms with van der Waals surface area (Å²) in [5.74, 6) is -3.40. The van der Waals surface area contributed by atoms with E-state index < -0.39 is 77.1 Å². The topological polar surface area (TPSA) is 135 Å². The summed E-state index contributed by atoms with van der Waals surface area (Å²) in [6.45, 7) is 17.5. The van der Waals surface area contributed by atoms with Crippen LogP contribution in [0.4, 0.5) is 0 Å². The lowest BCUT2D eigenvalue weighted by Gasteiger charge is -2.59. The Labute approximate surface area is 295 Å². The lowest BCUT2D eigenvalue weighted by atomic mass is 9.49. The van der Waals surface area contributed by atoms with Gasteiger partial charge in [0.1, 0.15) is 18.3 Å². The van der Waals surface area contributed by atoms with Gasteiger partial charge in [-0.25, -0.2) is 0 Å². The number of nitrogens with zero attached hydrogens (tertiary/aromatic N) is 1. The highest BCUT2D eigenvalue weighted by Crippen LogP contribution is 2.61. The van der Waals surface area contributed by atoms with Gasteiger partial charge < -0.3 is 28.6 Å². The second kappa shape index (κ2) is 15.1. The number of rotatable bonds is 9. The van der Waals surface area contributed by atoms with Gasteiger partial charge in [-0.05, 0) is 73.4 Å². The molecule has 0 aromatic heterocycles. The summed E-state index contributed by atoms with van der Waals surface area (Å²) in [5, 5.41) is 0. The third-order valence-corrected chi connectivity index (χ3v) is 11.2. The Morgan fingerprint density at radius 1 is 0.800 bits per heavy atom. The average molecular weight is 696 g/mol. The number of carbonyl (C=O) groups is 5. The van der Waals surface area contributed by atoms with Crippen molar-refractivity contribution >= 4 is 29.8 Å². The molecule has 9 atom stereocenters. The van der Waals surface area contributed by atoms with E-state index in [9.17, 15) is 24.0 Å². The number of esters is 5. The van der Waals surface area contributed by atoms with Crippen LogP contribution in [0.1, 0.15) is 92.7 Å². The molecule has 1 aromatic rings. The van der Waals surface area contributed by atoms with Crippen LogP contribution < -0.4 is 0 Å². The Hall–Kier alpha value is -3.99. The van der Waals surface area contributed by atoms with E-state index in [1.165, 1.54) is 27.7 Å². The maximum absolute atomic E-state index is 13.7. The first-order valence-corrected chi connectivity index (χ1v) is 17.3. The highest BCUT2D eigenvalue weighted by Gasteiger charge is 2.64. The average Bonchev–Trinajstić information content (AvgIpc) is 3.00. The van der Waals surface area contributed by atoms with Crippen LogP contribution in [-0.2, 0) is 47.7 Å². The molecule has 0 radical (unpaired) electrons. The minimum Gasteiger partial charge on any atom is -0.462 e. The van der Waals surface area contributed by atoms with E-state index in [-0.39, 0.29) is 24.8 Å². The molecule has 11 heteroatoms. The highest BCUT2D eigenvalue weighted by atomic mass is 16.6. The van der Waals surface area contributed by atoms with Gasteiger partial charge in [-0.1, -0.05) is 57.7 Å². The Morgan fingerprint density at radius 3 is 1.92 bits per heavy atom. The maximum Gasteiger partial charge on any atom is 0.308 e. The molecule has 0 amide bonds. The van der Waals surface area contributed by atoms with Crippen LogP contribution in [0.3, 0.4) is 0 Å². The first-order chi connectivity index (χ1) is 23.3. The van der Waals surface area contributed by atoms with Crippen LogP contribution in [0, 0.1) is 22.7 Å². The van der Waals surface area contributed by atoms with E-state index in [0.29, 0.717) is 29.6 Å². The Balaban J connectivity index is 1.86. The fourth-order valence-corrected chi connectivity index (χ4v) is 8.75. The smallest absolute Gasteiger partial charge is 0.308 e. The van der Waals surface area contributed by atoms with Gasteiger partial charge in [-0.2, -0.15) is 0 Å². The van der Waals surface area contributed by atoms with Crippen LogP contribution in [0.25, 0.3) is 0 Å². The quantitative estimate of drug-likeness (QED) is 0.180. The van der Waals surface area contributed by atoms with E-state index in [1.54, 1.807) is 0 Å². The Bertz CT molecular complexity index is 1530. The molecule has 1 aromatic carbocycles. The molecule has 50 heavy (non-hydrogen) atoms. The zero-order valence-corrected chi connectivity index (χ0v) is 31.1. The van der Waals surface area contributed by atoms with Crippen molar-refractivity contribution in [1.82, 2.24) is 4.90 Å². The first-order valence-electron chi connectivity index (χ1n) is 17.3. The van der Waals surface area contributed by atoms with Crippen molar-refractivity contribution in [2.45, 2.75) is 118 Å². The second-order valence-corrected chi connectivity index (χ2v) is 15.0. The monoisotopic (exact) mass is 695 g/mol. The van der Waals surface area contributed by atoms with E-state index in [2.05, 4.69) is 6.58 Å². The molecule has 11 nitrogen and oxygen atoms in total. The third-order valence-electron chi connectivity index (χ3n) is 11.2. The van der Waals surface area contributed by atoms with Gasteiger partial charge >= 0.3 is 29.8 Å². The number of fused-ring (bicyclic) bond motifs is 3. The SMILES string of the molecule is C=C1C2C[C@@H]3C[C@H](OC(C)=O)C(C)=C([C@@H](OC(C)=O)[C@H](OC(C)=O)[C@]2(C)[C@@H](OC(C)=O)C[C@@H]1OC(=O)C[C@H](c1ccccc1)N(C)C)C3(C)C. The number of benzene rings is 1. The van der Waals surface area contributed by atoms with Crippen molar-refractivity contribution in [2.24, 2.45) is 22.7 Å². The lowest BCUT2D eigenvalue weighted by Crippen LogP contribution is -2.64. The van der Waals surface area contributed by atoms with Gasteiger partial charge in [0.15, 0.2) is 12.2 Å². The maximum atomic E-state index is 13.7. The molecule has 3 aliphatic rings. The van der Waals surface area contributed by atoms with Crippen molar-refractivity contribution in [3.05, 3.63) is 59.2 Å². The molecule has 2 fully saturated rings. The van der Waals surface area contributed by atoms with Gasteiger partial charge in [0.05, 0.1) is 11.8 Å². The van der Waals surface area contributed by atoms with E-state index in [4.69, 9.17) is 23.7 Å². The zero-order chi connectivity index (χ0) is 37.3. The summed E-state index contributed by atoms with van der Waals surface area (Å²) in [6.07, 6.45) is -3.60. The van der Waals surface area contributed by atoms with Crippen LogP contribution in [-0.4, -0.2) is 79.4 Å². The van der Waals surface area contributed by atoms with Gasteiger partial charge in [-0.3, -0.25) is 24.0 Å². The predicted molar refractivity (Wildman–Crippen MR) is 184 cm³/mol. The standard InChI is InChI=1S/C39H53NO10/c1-21-29-17-28-18-31(46-23(3)41)22(2)35(38(28,7)8)36(48-25(5)43)37(49-26(6)44)39(29,9)33(47-24(4)42)20-32(21)50-34(45)19-30(40(10)11)27-15-13-12-14-16-27/h12-16,28-33,36-37H,1,17-20H2,2-11H3/t28-,29?,30-,31+,32+,33+,36-,37+,39+/m1/s1. The number of carbonyl (C=O) groups excluding carboxylic acids is 5. The van der Waals surface area contributed by atoms with Gasteiger partial charge in [-0.15, -0.1) is 0 Å². The molecule has 2 bridgehead atoms. The van der Waals surface area contributed by atoms with Gasteiger partial charge in [0, 0.05) is 40.2 Å². The molecule has 4 rings (SSSR count). The summed E-state index contributed by atoms with van der Waals surface area (Å²) in [6, 6.07) is 9.43. The van der Waals surface area contributed by atoms with Gasteiger partial charge in [0.25, 0.3) is 0 Å². The minimum absolute atomic E-state index is 0.0574. The minimum atomic E-state index is -1.18. The summed E-state index contributed by atoms with van der Waals surface area (Å²) < 4.78 is 30.4. The van der Waals surface area contributed by atoms with E-state index in [1.807, 2.05) is 77.0 Å². The van der Waals surface area contributed by atoms with Crippen molar-refractivity contribution in [3.8, 4) is 0 Å². The summed E-state index contributed by atoms with van der Waals surface area (Å²) in [7, 11) is 3.80. The molecule has 0 saturated heterocycles. The zero-order valence-electron chi connectivity index (χ0n) is 31.1. The largest absolute Gasteiger partial charge is 0.462 e.